The van der Waals surface area contributed by atoms with E-state index in [1.54, 1.807) is 25.3 Å². The Balaban J connectivity index is 1.27. The summed E-state index contributed by atoms with van der Waals surface area (Å²) in [6, 6.07) is 2.01. The average molecular weight is 1050 g/mol. The van der Waals surface area contributed by atoms with E-state index in [2.05, 4.69) is 31.6 Å². The molecule has 3 fully saturated rings. The van der Waals surface area contributed by atoms with E-state index in [0.717, 1.165) is 16.5 Å². The Hall–Kier alpha value is -4.90. The zero-order valence-electron chi connectivity index (χ0n) is 42.9. The van der Waals surface area contributed by atoms with E-state index in [4.69, 9.17) is 28.5 Å². The number of fused-ring (bicyclic) bond motifs is 6. The van der Waals surface area contributed by atoms with Gasteiger partial charge in [-0.05, 0) is 105 Å². The molecule has 1 aromatic heterocycles. The second kappa shape index (κ2) is 23.8. The van der Waals surface area contributed by atoms with Gasteiger partial charge in [0.1, 0.15) is 36.0 Å². The molecule has 1 heterocycles. The number of hydrogen-bond acceptors (Lipinski definition) is 12. The molecule has 4 aliphatic carbocycles. The first-order valence-electron chi connectivity index (χ1n) is 25.7. The predicted octanol–water partition coefficient (Wildman–Crippen LogP) is 4.04. The summed E-state index contributed by atoms with van der Waals surface area (Å²) in [5.74, 6) is -3.60. The van der Waals surface area contributed by atoms with Gasteiger partial charge < -0.3 is 41.6 Å². The van der Waals surface area contributed by atoms with Crippen molar-refractivity contribution in [2.75, 3.05) is 19.0 Å². The van der Waals surface area contributed by atoms with Crippen LogP contribution >= 0.6 is 11.6 Å². The molecule has 0 saturated heterocycles. The molecule has 1 aromatic carbocycles. The lowest BCUT2D eigenvalue weighted by Crippen LogP contribution is -2.64. The average Bonchev–Trinajstić information content (AvgIpc) is 3.89. The molecule has 73 heavy (non-hydrogen) atoms. The van der Waals surface area contributed by atoms with Crippen molar-refractivity contribution >= 4 is 67.8 Å². The number of aliphatic hydroxyl groups is 2. The van der Waals surface area contributed by atoms with Crippen molar-refractivity contribution in [3.05, 3.63) is 59.8 Å². The molecule has 13 atom stereocenters. The Labute approximate surface area is 434 Å². The third-order valence-corrected chi connectivity index (χ3v) is 18.7. The number of halogens is 1. The monoisotopic (exact) mass is 1050 g/mol. The number of ketones is 2. The van der Waals surface area contributed by atoms with Crippen LogP contribution in [0.2, 0.25) is 0 Å². The van der Waals surface area contributed by atoms with Crippen molar-refractivity contribution in [2.45, 2.75) is 153 Å². The molecule has 0 aliphatic heterocycles. The molecule has 4 aliphatic rings. The number of sulfonamides is 1. The summed E-state index contributed by atoms with van der Waals surface area (Å²) >= 11 is 5.89. The Morgan fingerprint density at radius 3 is 2.37 bits per heavy atom. The van der Waals surface area contributed by atoms with Gasteiger partial charge in [0.2, 0.25) is 33.5 Å². The maximum atomic E-state index is 14.8. The van der Waals surface area contributed by atoms with Crippen molar-refractivity contribution in [1.29, 1.82) is 0 Å². The molecule has 6 rings (SSSR count). The smallest absolute Gasteiger partial charge is 0.329 e. The number of amides is 3. The number of nitrogens with two attached hydrogens (primary N) is 1. The number of nitrogens with one attached hydrogen (secondary N) is 5. The number of Topliss-reactive ketones (excluding diaryl/α,β-unsaturated/α-hetero) is 1. The second-order valence-electron chi connectivity index (χ2n) is 21.6. The van der Waals surface area contributed by atoms with Crippen LogP contribution in [-0.2, 0) is 49.9 Å². The molecule has 19 heteroatoms. The number of H-pyrrole nitrogens is 1. The van der Waals surface area contributed by atoms with Crippen molar-refractivity contribution < 1.29 is 52.1 Å². The minimum atomic E-state index is -4.32. The number of aliphatic hydroxyl groups excluding tert-OH is 2. The van der Waals surface area contributed by atoms with Crippen molar-refractivity contribution in [2.24, 2.45) is 46.2 Å². The number of terminal acetylenes is 1. The normalized spacial score (nSPS) is 28.0. The summed E-state index contributed by atoms with van der Waals surface area (Å²) in [5.41, 5.74) is 4.57. The van der Waals surface area contributed by atoms with Gasteiger partial charge in [0.15, 0.2) is 11.4 Å². The number of ether oxygens (including phenoxy) is 1. The number of aromatic amines is 1. The van der Waals surface area contributed by atoms with E-state index in [1.165, 1.54) is 0 Å². The van der Waals surface area contributed by atoms with E-state index in [9.17, 15) is 47.4 Å². The molecule has 2 aromatic rings. The summed E-state index contributed by atoms with van der Waals surface area (Å²) in [4.78, 5) is 88.2. The predicted molar refractivity (Wildman–Crippen MR) is 278 cm³/mol. The number of rotatable bonds is 24. The van der Waals surface area contributed by atoms with E-state index in [0.29, 0.717) is 44.1 Å². The quantitative estimate of drug-likeness (QED) is 0.0320. The van der Waals surface area contributed by atoms with E-state index >= 15 is 0 Å². The number of esters is 1. The highest BCUT2D eigenvalue weighted by atomic mass is 35.5. The van der Waals surface area contributed by atoms with Gasteiger partial charge in [0, 0.05) is 40.3 Å². The molecule has 9 N–H and O–H groups in total. The van der Waals surface area contributed by atoms with Gasteiger partial charge in [-0.2, -0.15) is 0 Å². The van der Waals surface area contributed by atoms with Crippen LogP contribution in [0.5, 0.6) is 0 Å². The number of carbonyl (C=O) groups excluding carboxylic acids is 6. The topological polar surface area (TPSA) is 276 Å². The first-order chi connectivity index (χ1) is 34.5. The van der Waals surface area contributed by atoms with Crippen LogP contribution in [0, 0.1) is 52.8 Å². The molecular weight excluding hydrogens is 976 g/mol. The number of carbonyl (C=O) groups is 6. The van der Waals surface area contributed by atoms with E-state index < -0.39 is 110 Å². The zero-order chi connectivity index (χ0) is 53.6. The third kappa shape index (κ3) is 11.8. The van der Waals surface area contributed by atoms with Gasteiger partial charge in [0.25, 0.3) is 0 Å². The number of unbranched alkanes of at least 4 members (excludes halogenated alkanes) is 1. The number of aromatic nitrogens is 1. The molecule has 400 valence electrons. The molecule has 17 nitrogen and oxygen atoms in total. The molecule has 0 radical (unpaired) electrons. The Morgan fingerprint density at radius 1 is 1.01 bits per heavy atom. The number of benzene rings is 1. The van der Waals surface area contributed by atoms with Crippen LogP contribution in [0.4, 0.5) is 0 Å². The lowest BCUT2D eigenvalue weighted by molar-refractivity contribution is -0.201. The molecule has 1 unspecified atom stereocenters. The molecule has 3 amide bonds. The first-order valence-corrected chi connectivity index (χ1v) is 27.8. The van der Waals surface area contributed by atoms with Crippen LogP contribution in [-0.4, -0.2) is 119 Å². The summed E-state index contributed by atoms with van der Waals surface area (Å²) < 4.78 is 35.5. The summed E-state index contributed by atoms with van der Waals surface area (Å²) in [7, 11) is -4.32. The highest BCUT2D eigenvalue weighted by molar-refractivity contribution is 7.90. The Bertz CT molecular complexity index is 2610. The lowest BCUT2D eigenvalue weighted by atomic mass is 9.46. The molecule has 3 saturated carbocycles. The van der Waals surface area contributed by atoms with Gasteiger partial charge in [-0.15, -0.1) is 18.0 Å². The largest absolute Gasteiger partial charge is 0.449 e. The minimum absolute atomic E-state index is 0.0137. The minimum Gasteiger partial charge on any atom is -0.449 e. The van der Waals surface area contributed by atoms with Gasteiger partial charge >= 0.3 is 5.97 Å². The standard InChI is InChI=1S/C54H75ClN6O11S/c1-8-32(5)47(60-49(67)42(25-33-29-57-40-15-11-10-14-37(33)40)58-48(66)41(16-12-13-23-56)61-73(70,71)36(9-2)28-55)50(68)59-43(24-31(3)4)51(69)72-54(45(65)30-62)22-20-39-38-18-17-34-26-35(63)19-21-52(34,6)46(38)44(64)27-53(39,54)7/h2,10-11,14-15,19,21,26,29,31-32,36,38-39,41-44,46-47,57,61-62,64H,8,12-13,16-18,20,22-25,27-28,30,56H2,1,3-7H3,(H,58,66)(H,59,68)(H,60,67)/t32-,36-,38+,39+,41-,42?,43-,44+,46-,47+,52+,53+,54+/m1/s1. The number of para-hydroxylation sites is 1. The van der Waals surface area contributed by atoms with Crippen LogP contribution < -0.4 is 26.4 Å². The lowest BCUT2D eigenvalue weighted by Gasteiger charge is -2.59. The molecular formula is C54H75ClN6O11S. The fourth-order valence-corrected chi connectivity index (χ4v) is 14.2. The zero-order valence-corrected chi connectivity index (χ0v) is 44.5. The van der Waals surface area contributed by atoms with Crippen LogP contribution in [0.25, 0.3) is 10.9 Å². The van der Waals surface area contributed by atoms with Crippen molar-refractivity contribution in [3.63, 3.8) is 0 Å². The maximum Gasteiger partial charge on any atom is 0.329 e. The maximum absolute atomic E-state index is 14.8. The number of allylic oxidation sites excluding steroid dienone is 4. The SMILES string of the molecule is C#C[C@H](CCl)S(=O)(=O)N[C@H](CCCCN)C(=O)NC(Cc1c[nH]c2ccccc12)C(=O)N[C@H](C(=O)N[C@H](CC(C)C)C(=O)O[C@]1(C(=O)CO)CC[C@H]2[C@@H]3CCC4=CC(=O)C=C[C@]4(C)[C@H]3[C@@H](O)C[C@@]21C)[C@H](C)CC. The van der Waals surface area contributed by atoms with E-state index in [-0.39, 0.29) is 68.1 Å². The van der Waals surface area contributed by atoms with Gasteiger partial charge in [-0.3, -0.25) is 24.0 Å². The summed E-state index contributed by atoms with van der Waals surface area (Å²) in [5, 5.41) is 30.4. The Morgan fingerprint density at radius 2 is 1.71 bits per heavy atom. The molecule has 0 bridgehead atoms. The highest BCUT2D eigenvalue weighted by Crippen LogP contribution is 2.68. The van der Waals surface area contributed by atoms with Crippen LogP contribution in [0.15, 0.2) is 54.3 Å². The van der Waals surface area contributed by atoms with Crippen LogP contribution in [0.3, 0.4) is 0 Å². The Kier molecular flexibility index (Phi) is 18.7. The molecule has 0 spiro atoms. The summed E-state index contributed by atoms with van der Waals surface area (Å²) in [6.07, 6.45) is 14.5. The van der Waals surface area contributed by atoms with Crippen LogP contribution in [0.1, 0.15) is 111 Å². The van der Waals surface area contributed by atoms with Crippen molar-refractivity contribution in [3.8, 4) is 12.3 Å². The first kappa shape index (κ1) is 57.4. The van der Waals surface area contributed by atoms with Gasteiger partial charge in [-0.25, -0.2) is 17.9 Å². The summed E-state index contributed by atoms with van der Waals surface area (Å²) in [6.45, 7) is 10.5. The number of alkyl halides is 1. The second-order valence-corrected chi connectivity index (χ2v) is 23.8. The number of hydrogen-bond donors (Lipinski definition) is 8. The van der Waals surface area contributed by atoms with Crippen molar-refractivity contribution in [1.82, 2.24) is 25.7 Å². The highest BCUT2D eigenvalue weighted by Gasteiger charge is 2.70. The third-order valence-electron chi connectivity index (χ3n) is 16.6. The van der Waals surface area contributed by atoms with Gasteiger partial charge in [-0.1, -0.05) is 90.2 Å². The fraction of sp³-hybridized carbons (Fsp3) is 0.630. The fourth-order valence-electron chi connectivity index (χ4n) is 12.5. The van der Waals surface area contributed by atoms with Gasteiger partial charge in [0.05, 0.1) is 12.0 Å². The van der Waals surface area contributed by atoms with E-state index in [1.807, 2.05) is 65.0 Å².